The van der Waals surface area contributed by atoms with E-state index in [9.17, 15) is 4.79 Å². The van der Waals surface area contributed by atoms with Gasteiger partial charge in [0.1, 0.15) is 5.75 Å². The third kappa shape index (κ3) is 4.92. The normalized spacial score (nSPS) is 10.6. The van der Waals surface area contributed by atoms with E-state index in [2.05, 4.69) is 38.0 Å². The molecule has 0 saturated carbocycles. The highest BCUT2D eigenvalue weighted by Gasteiger charge is 2.21. The summed E-state index contributed by atoms with van der Waals surface area (Å²) in [5, 5.41) is 0. The topological polar surface area (TPSA) is 81.3 Å². The highest BCUT2D eigenvalue weighted by Crippen LogP contribution is 2.32. The fraction of sp³-hybridized carbons (Fsp3) is 0.227. The lowest BCUT2D eigenvalue weighted by molar-refractivity contribution is 0.0827. The maximum Gasteiger partial charge on any atom is 0.257 e. The lowest BCUT2D eigenvalue weighted by atomic mass is 10.0. The number of ether oxygens (including phenoxy) is 1. The van der Waals surface area contributed by atoms with Crippen molar-refractivity contribution in [2.75, 3.05) is 26.4 Å². The molecule has 0 aliphatic heterocycles. The highest BCUT2D eigenvalue weighted by molar-refractivity contribution is 9.10. The predicted molar refractivity (Wildman–Crippen MR) is 118 cm³/mol. The largest absolute Gasteiger partial charge is 0.492 e. The summed E-state index contributed by atoms with van der Waals surface area (Å²) in [6.07, 6.45) is 0.818. The van der Waals surface area contributed by atoms with Crippen LogP contribution in [0.1, 0.15) is 21.6 Å². The zero-order valence-corrected chi connectivity index (χ0v) is 18.2. The number of aromatic nitrogens is 2. The summed E-state index contributed by atoms with van der Waals surface area (Å²) in [5.74, 6) is 0.688. The van der Waals surface area contributed by atoms with Crippen LogP contribution in [-0.4, -0.2) is 41.5 Å². The average Bonchev–Trinajstić information content (AvgIpc) is 2.69. The Morgan fingerprint density at radius 2 is 1.86 bits per heavy atom. The van der Waals surface area contributed by atoms with Gasteiger partial charge in [-0.1, -0.05) is 30.3 Å². The maximum absolute atomic E-state index is 12.7. The Morgan fingerprint density at radius 1 is 1.14 bits per heavy atom. The smallest absolute Gasteiger partial charge is 0.257 e. The van der Waals surface area contributed by atoms with Gasteiger partial charge in [-0.3, -0.25) is 4.79 Å². The lowest BCUT2D eigenvalue weighted by Crippen LogP contribution is -2.24. The number of carbonyl (C=O) groups excluding carboxylic acids is 1. The second kappa shape index (κ2) is 9.05. The van der Waals surface area contributed by atoms with Gasteiger partial charge in [-0.25, -0.2) is 9.97 Å². The fourth-order valence-electron chi connectivity index (χ4n) is 2.97. The first-order valence-corrected chi connectivity index (χ1v) is 9.98. The minimum atomic E-state index is -0.170. The van der Waals surface area contributed by atoms with Crippen molar-refractivity contribution in [2.24, 2.45) is 0 Å². The van der Waals surface area contributed by atoms with Gasteiger partial charge in [0.25, 0.3) is 5.91 Å². The number of rotatable bonds is 6. The Morgan fingerprint density at radius 3 is 2.52 bits per heavy atom. The van der Waals surface area contributed by atoms with Crippen LogP contribution < -0.4 is 10.5 Å². The molecule has 0 radical (unpaired) electrons. The van der Waals surface area contributed by atoms with E-state index in [0.29, 0.717) is 23.6 Å². The van der Waals surface area contributed by atoms with E-state index in [0.717, 1.165) is 22.2 Å². The van der Waals surface area contributed by atoms with Crippen LogP contribution >= 0.6 is 15.9 Å². The van der Waals surface area contributed by atoms with E-state index in [-0.39, 0.29) is 11.9 Å². The standard InChI is InChI=1S/C22H23BrN4O2/c1-14-19(21(28)27(2)3)20(26-22(24)25-14)16-9-10-18(17(23)13-16)29-12-11-15-7-5-4-6-8-15/h4-10,13H,11-12H2,1-3H3,(H2,24,25,26). The van der Waals surface area contributed by atoms with Crippen molar-refractivity contribution in [3.05, 3.63) is 69.8 Å². The molecule has 0 fully saturated rings. The van der Waals surface area contributed by atoms with E-state index in [1.807, 2.05) is 36.4 Å². The van der Waals surface area contributed by atoms with Crippen molar-refractivity contribution in [1.29, 1.82) is 0 Å². The number of halogens is 1. The fourth-order valence-corrected chi connectivity index (χ4v) is 3.47. The van der Waals surface area contributed by atoms with Crippen LogP contribution in [0.3, 0.4) is 0 Å². The Kier molecular flexibility index (Phi) is 6.49. The number of nitrogens with two attached hydrogens (primary N) is 1. The highest BCUT2D eigenvalue weighted by atomic mass is 79.9. The molecule has 29 heavy (non-hydrogen) atoms. The molecule has 0 spiro atoms. The number of nitrogen functional groups attached to an aromatic ring is 1. The van der Waals surface area contributed by atoms with Crippen molar-refractivity contribution in [1.82, 2.24) is 14.9 Å². The summed E-state index contributed by atoms with van der Waals surface area (Å²) in [6, 6.07) is 15.8. The van der Waals surface area contributed by atoms with E-state index < -0.39 is 0 Å². The lowest BCUT2D eigenvalue weighted by Gasteiger charge is -2.16. The van der Waals surface area contributed by atoms with E-state index in [1.54, 1.807) is 21.0 Å². The van der Waals surface area contributed by atoms with Crippen LogP contribution in [0.15, 0.2) is 53.0 Å². The van der Waals surface area contributed by atoms with Crippen LogP contribution in [0.5, 0.6) is 5.75 Å². The van der Waals surface area contributed by atoms with Gasteiger partial charge in [0, 0.05) is 26.1 Å². The minimum absolute atomic E-state index is 0.132. The molecule has 1 aromatic heterocycles. The number of carbonyl (C=O) groups is 1. The number of nitrogens with zero attached hydrogens (tertiary/aromatic N) is 3. The first-order chi connectivity index (χ1) is 13.9. The van der Waals surface area contributed by atoms with Gasteiger partial charge in [-0.2, -0.15) is 0 Å². The van der Waals surface area contributed by atoms with Crippen molar-refractivity contribution in [3.63, 3.8) is 0 Å². The average molecular weight is 455 g/mol. The zero-order chi connectivity index (χ0) is 21.0. The van der Waals surface area contributed by atoms with Gasteiger partial charge >= 0.3 is 0 Å². The Balaban J connectivity index is 1.85. The zero-order valence-electron chi connectivity index (χ0n) is 16.6. The van der Waals surface area contributed by atoms with Gasteiger partial charge in [-0.05, 0) is 46.6 Å². The molecule has 1 amide bonds. The summed E-state index contributed by atoms with van der Waals surface area (Å²) < 4.78 is 6.69. The molecule has 6 nitrogen and oxygen atoms in total. The molecule has 1 heterocycles. The van der Waals surface area contributed by atoms with Crippen LogP contribution in [0.4, 0.5) is 5.95 Å². The molecular weight excluding hydrogens is 432 g/mol. The summed E-state index contributed by atoms with van der Waals surface area (Å²) >= 11 is 3.56. The SMILES string of the molecule is Cc1nc(N)nc(-c2ccc(OCCc3ccccc3)c(Br)c2)c1C(=O)N(C)C. The first kappa shape index (κ1) is 20.8. The molecule has 0 aliphatic rings. The van der Waals surface area contributed by atoms with Crippen LogP contribution in [0.25, 0.3) is 11.3 Å². The molecule has 0 aliphatic carbocycles. The summed E-state index contributed by atoms with van der Waals surface area (Å²) in [7, 11) is 3.39. The number of hydrogen-bond donors (Lipinski definition) is 1. The van der Waals surface area contributed by atoms with Crippen LogP contribution in [0, 0.1) is 6.92 Å². The Labute approximate surface area is 178 Å². The van der Waals surface area contributed by atoms with E-state index in [1.165, 1.54) is 10.5 Å². The molecule has 3 aromatic rings. The van der Waals surface area contributed by atoms with Gasteiger partial charge in [0.2, 0.25) is 5.95 Å². The summed E-state index contributed by atoms with van der Waals surface area (Å²) in [5.41, 5.74) is 9.32. The van der Waals surface area contributed by atoms with Gasteiger partial charge < -0.3 is 15.4 Å². The van der Waals surface area contributed by atoms with Gasteiger partial charge in [-0.15, -0.1) is 0 Å². The van der Waals surface area contributed by atoms with Crippen molar-refractivity contribution >= 4 is 27.8 Å². The molecule has 0 unspecified atom stereocenters. The molecule has 3 rings (SSSR count). The first-order valence-electron chi connectivity index (χ1n) is 9.19. The Bertz CT molecular complexity index is 1020. The maximum atomic E-state index is 12.7. The van der Waals surface area contributed by atoms with Crippen molar-refractivity contribution in [2.45, 2.75) is 13.3 Å². The van der Waals surface area contributed by atoms with E-state index in [4.69, 9.17) is 10.5 Å². The molecule has 7 heteroatoms. The van der Waals surface area contributed by atoms with Gasteiger partial charge in [0.15, 0.2) is 0 Å². The number of anilines is 1. The summed E-state index contributed by atoms with van der Waals surface area (Å²) in [4.78, 5) is 22.7. The van der Waals surface area contributed by atoms with Crippen molar-refractivity contribution < 1.29 is 9.53 Å². The molecular formula is C22H23BrN4O2. The van der Waals surface area contributed by atoms with Crippen molar-refractivity contribution in [3.8, 4) is 17.0 Å². The Hall–Kier alpha value is -2.93. The predicted octanol–water partition coefficient (Wildman–Crippen LogP) is 4.12. The molecule has 0 atom stereocenters. The second-order valence-electron chi connectivity index (χ2n) is 6.82. The number of hydrogen-bond acceptors (Lipinski definition) is 5. The number of benzene rings is 2. The second-order valence-corrected chi connectivity index (χ2v) is 7.67. The third-order valence-electron chi connectivity index (χ3n) is 4.42. The molecule has 2 aromatic carbocycles. The molecule has 0 saturated heterocycles. The van der Waals surface area contributed by atoms with Crippen LogP contribution in [0.2, 0.25) is 0 Å². The van der Waals surface area contributed by atoms with Crippen LogP contribution in [-0.2, 0) is 6.42 Å². The monoisotopic (exact) mass is 454 g/mol. The van der Waals surface area contributed by atoms with E-state index >= 15 is 0 Å². The molecule has 2 N–H and O–H groups in total. The summed E-state index contributed by atoms with van der Waals surface area (Å²) in [6.45, 7) is 2.32. The molecule has 150 valence electrons. The molecule has 0 bridgehead atoms. The number of amides is 1. The minimum Gasteiger partial charge on any atom is -0.492 e. The quantitative estimate of drug-likeness (QED) is 0.605. The third-order valence-corrected chi connectivity index (χ3v) is 5.04. The number of aryl methyl sites for hydroxylation is 1. The van der Waals surface area contributed by atoms with Gasteiger partial charge in [0.05, 0.1) is 28.0 Å².